The smallest absolute Gasteiger partial charge is 0.305 e. The third-order valence-electron chi connectivity index (χ3n) is 4.67. The number of unbranched alkanes of at least 4 members (excludes halogenated alkanes) is 2. The predicted octanol–water partition coefficient (Wildman–Crippen LogP) is 3.13. The molecule has 1 fully saturated rings. The van der Waals surface area contributed by atoms with Crippen LogP contribution in [0, 0.1) is 0 Å². The van der Waals surface area contributed by atoms with E-state index in [2.05, 4.69) is 33.3 Å². The highest BCUT2D eigenvalue weighted by Crippen LogP contribution is 2.25. The lowest BCUT2D eigenvalue weighted by Crippen LogP contribution is -2.37. The molecule has 0 spiro atoms. The summed E-state index contributed by atoms with van der Waals surface area (Å²) in [5, 5.41) is 10.8. The fourth-order valence-corrected chi connectivity index (χ4v) is 3.29. The number of morpholine rings is 1. The largest absolute Gasteiger partial charge is 0.466 e. The lowest BCUT2D eigenvalue weighted by atomic mass is 10.0. The number of ether oxygens (including phenoxy) is 2. The molecule has 26 heavy (non-hydrogen) atoms. The summed E-state index contributed by atoms with van der Waals surface area (Å²) in [6.45, 7) is 5.49. The highest BCUT2D eigenvalue weighted by atomic mass is 16.5. The molecule has 1 saturated heterocycles. The van der Waals surface area contributed by atoms with E-state index in [4.69, 9.17) is 9.47 Å². The zero-order valence-electron chi connectivity index (χ0n) is 15.4. The summed E-state index contributed by atoms with van der Waals surface area (Å²) in [5.41, 5.74) is 1.30. The van der Waals surface area contributed by atoms with Gasteiger partial charge in [0.25, 0.3) is 0 Å². The van der Waals surface area contributed by atoms with E-state index in [1.807, 2.05) is 13.1 Å². The molecule has 0 radical (unpaired) electrons. The van der Waals surface area contributed by atoms with E-state index >= 15 is 0 Å². The van der Waals surface area contributed by atoms with Crippen molar-refractivity contribution in [3.63, 3.8) is 0 Å². The van der Waals surface area contributed by atoms with Crippen molar-refractivity contribution in [2.75, 3.05) is 37.8 Å². The van der Waals surface area contributed by atoms with Crippen LogP contribution in [-0.4, -0.2) is 49.1 Å². The Morgan fingerprint density at radius 1 is 1.23 bits per heavy atom. The van der Waals surface area contributed by atoms with Gasteiger partial charge >= 0.3 is 5.97 Å². The molecule has 3 rings (SSSR count). The molecule has 0 atom stereocenters. The Morgan fingerprint density at radius 3 is 2.88 bits per heavy atom. The average Bonchev–Trinajstić information content (AvgIpc) is 2.68. The second-order valence-electron chi connectivity index (χ2n) is 6.55. The Labute approximate surface area is 154 Å². The Kier molecular flexibility index (Phi) is 6.77. The summed E-state index contributed by atoms with van der Waals surface area (Å²) in [5.74, 6) is 0.860. The number of aryl methyl sites for hydroxylation is 1. The first-order valence-corrected chi connectivity index (χ1v) is 9.50. The van der Waals surface area contributed by atoms with Crippen molar-refractivity contribution in [2.24, 2.45) is 0 Å². The lowest BCUT2D eigenvalue weighted by Gasteiger charge is -2.28. The molecule has 0 N–H and O–H groups in total. The molecule has 1 aliphatic rings. The number of aromatic nitrogens is 2. The fourth-order valence-electron chi connectivity index (χ4n) is 3.29. The number of carbonyl (C=O) groups excluding carboxylic acids is 1. The number of hydrogen-bond donors (Lipinski definition) is 0. The van der Waals surface area contributed by atoms with E-state index in [0.717, 1.165) is 68.6 Å². The average molecular weight is 357 g/mol. The Bertz CT molecular complexity index is 729. The molecule has 0 amide bonds. The van der Waals surface area contributed by atoms with Crippen LogP contribution in [0.15, 0.2) is 24.4 Å². The van der Waals surface area contributed by atoms with E-state index in [-0.39, 0.29) is 5.97 Å². The van der Waals surface area contributed by atoms with Crippen LogP contribution < -0.4 is 4.90 Å². The molecule has 0 aliphatic carbocycles. The third kappa shape index (κ3) is 4.91. The Morgan fingerprint density at radius 2 is 2.08 bits per heavy atom. The third-order valence-corrected chi connectivity index (χ3v) is 4.67. The first-order valence-electron chi connectivity index (χ1n) is 9.50. The number of esters is 1. The van der Waals surface area contributed by atoms with Gasteiger partial charge in [0.15, 0.2) is 5.82 Å². The quantitative estimate of drug-likeness (QED) is 0.534. The lowest BCUT2D eigenvalue weighted by molar-refractivity contribution is -0.143. The van der Waals surface area contributed by atoms with Crippen LogP contribution in [0.2, 0.25) is 0 Å². The van der Waals surface area contributed by atoms with Crippen molar-refractivity contribution in [1.29, 1.82) is 0 Å². The molecule has 2 aromatic rings. The maximum Gasteiger partial charge on any atom is 0.305 e. The van der Waals surface area contributed by atoms with Crippen molar-refractivity contribution in [3.05, 3.63) is 30.0 Å². The van der Waals surface area contributed by atoms with Crippen LogP contribution in [0.4, 0.5) is 5.82 Å². The van der Waals surface area contributed by atoms with Crippen molar-refractivity contribution in [1.82, 2.24) is 10.2 Å². The number of anilines is 1. The topological polar surface area (TPSA) is 64.5 Å². The molecular formula is C20H27N3O3. The fraction of sp³-hybridized carbons (Fsp3) is 0.550. The maximum atomic E-state index is 11.3. The van der Waals surface area contributed by atoms with Crippen LogP contribution in [0.3, 0.4) is 0 Å². The molecule has 140 valence electrons. The van der Waals surface area contributed by atoms with Crippen LogP contribution in [0.1, 0.15) is 38.2 Å². The molecule has 0 unspecified atom stereocenters. The van der Waals surface area contributed by atoms with E-state index in [1.54, 1.807) is 0 Å². The number of hydrogen-bond acceptors (Lipinski definition) is 6. The summed E-state index contributed by atoms with van der Waals surface area (Å²) < 4.78 is 10.4. The van der Waals surface area contributed by atoms with E-state index < -0.39 is 0 Å². The van der Waals surface area contributed by atoms with Gasteiger partial charge in [-0.3, -0.25) is 4.79 Å². The van der Waals surface area contributed by atoms with Gasteiger partial charge in [-0.2, -0.15) is 5.10 Å². The van der Waals surface area contributed by atoms with Gasteiger partial charge in [0.1, 0.15) is 0 Å². The van der Waals surface area contributed by atoms with E-state index in [9.17, 15) is 4.79 Å². The summed E-state index contributed by atoms with van der Waals surface area (Å²) in [4.78, 5) is 13.6. The van der Waals surface area contributed by atoms with Crippen LogP contribution in [0.25, 0.3) is 10.8 Å². The van der Waals surface area contributed by atoms with Gasteiger partial charge in [-0.05, 0) is 37.8 Å². The molecular weight excluding hydrogens is 330 g/mol. The zero-order chi connectivity index (χ0) is 18.2. The SMILES string of the molecule is CCOC(=O)CCCCCc1ccc2c(N3CCOCC3)nncc2c1. The first-order chi connectivity index (χ1) is 12.8. The predicted molar refractivity (Wildman–Crippen MR) is 101 cm³/mol. The van der Waals surface area contributed by atoms with Gasteiger partial charge in [-0.1, -0.05) is 18.6 Å². The van der Waals surface area contributed by atoms with Crippen molar-refractivity contribution in [2.45, 2.75) is 39.0 Å². The zero-order valence-corrected chi connectivity index (χ0v) is 15.4. The van der Waals surface area contributed by atoms with Gasteiger partial charge < -0.3 is 14.4 Å². The Balaban J connectivity index is 1.56. The molecule has 1 aliphatic heterocycles. The van der Waals surface area contributed by atoms with Gasteiger partial charge in [0.05, 0.1) is 26.0 Å². The second kappa shape index (κ2) is 9.48. The van der Waals surface area contributed by atoms with Crippen LogP contribution in [0.5, 0.6) is 0 Å². The van der Waals surface area contributed by atoms with Gasteiger partial charge in [-0.15, -0.1) is 5.10 Å². The van der Waals surface area contributed by atoms with Gasteiger partial charge in [-0.25, -0.2) is 0 Å². The molecule has 2 heterocycles. The first kappa shape index (κ1) is 18.6. The van der Waals surface area contributed by atoms with E-state index in [1.165, 1.54) is 5.56 Å². The second-order valence-corrected chi connectivity index (χ2v) is 6.55. The van der Waals surface area contributed by atoms with Gasteiger partial charge in [0, 0.05) is 30.3 Å². The molecule has 0 bridgehead atoms. The minimum Gasteiger partial charge on any atom is -0.466 e. The summed E-state index contributed by atoms with van der Waals surface area (Å²) in [7, 11) is 0. The minimum absolute atomic E-state index is 0.0904. The van der Waals surface area contributed by atoms with Gasteiger partial charge in [0.2, 0.25) is 0 Å². The Hall–Kier alpha value is -2.21. The molecule has 1 aromatic heterocycles. The maximum absolute atomic E-state index is 11.3. The summed E-state index contributed by atoms with van der Waals surface area (Å²) in [6, 6.07) is 6.54. The van der Waals surface area contributed by atoms with Crippen molar-refractivity contribution in [3.8, 4) is 0 Å². The number of nitrogens with zero attached hydrogens (tertiary/aromatic N) is 3. The summed E-state index contributed by atoms with van der Waals surface area (Å²) in [6.07, 6.45) is 6.35. The number of carbonyl (C=O) groups is 1. The number of fused-ring (bicyclic) bond motifs is 1. The highest BCUT2D eigenvalue weighted by Gasteiger charge is 2.15. The standard InChI is InChI=1S/C20H27N3O3/c1-2-26-19(24)7-5-3-4-6-16-8-9-18-17(14-16)15-21-22-20(18)23-10-12-25-13-11-23/h8-9,14-15H,2-7,10-13H2,1H3. The van der Waals surface area contributed by atoms with Crippen molar-refractivity contribution >= 4 is 22.6 Å². The van der Waals surface area contributed by atoms with Crippen molar-refractivity contribution < 1.29 is 14.3 Å². The monoisotopic (exact) mass is 357 g/mol. The minimum atomic E-state index is -0.0904. The normalized spacial score (nSPS) is 14.6. The highest BCUT2D eigenvalue weighted by molar-refractivity contribution is 5.91. The molecule has 1 aromatic carbocycles. The van der Waals surface area contributed by atoms with Crippen LogP contribution >= 0.6 is 0 Å². The summed E-state index contributed by atoms with van der Waals surface area (Å²) >= 11 is 0. The molecule has 0 saturated carbocycles. The number of benzene rings is 1. The molecule has 6 nitrogen and oxygen atoms in total. The van der Waals surface area contributed by atoms with Crippen LogP contribution in [-0.2, 0) is 20.7 Å². The van der Waals surface area contributed by atoms with E-state index in [0.29, 0.717) is 13.0 Å². The number of rotatable bonds is 8. The molecule has 6 heteroatoms.